The first kappa shape index (κ1) is 13.0. The van der Waals surface area contributed by atoms with Gasteiger partial charge in [-0.3, -0.25) is 4.79 Å². The molecule has 17 heavy (non-hydrogen) atoms. The standard InChI is InChI=1S/C10H9F3N2O2/c11-10(12,13)9(15-17-6-8(14)16)7-4-2-1-3-5-7/h1-5H,6H2,(H2,14,16)/b15-9-. The number of hydrogen-bond acceptors (Lipinski definition) is 3. The van der Waals surface area contributed by atoms with Crippen LogP contribution in [0.2, 0.25) is 0 Å². The molecule has 7 heteroatoms. The van der Waals surface area contributed by atoms with Crippen LogP contribution in [-0.2, 0) is 9.63 Å². The minimum Gasteiger partial charge on any atom is -0.385 e. The number of carbonyl (C=O) groups is 1. The zero-order valence-corrected chi connectivity index (χ0v) is 8.57. The van der Waals surface area contributed by atoms with Gasteiger partial charge in [0.1, 0.15) is 0 Å². The van der Waals surface area contributed by atoms with Crippen LogP contribution >= 0.6 is 0 Å². The highest BCUT2D eigenvalue weighted by Gasteiger charge is 2.37. The topological polar surface area (TPSA) is 64.7 Å². The first-order chi connectivity index (χ1) is 7.91. The van der Waals surface area contributed by atoms with Crippen LogP contribution in [-0.4, -0.2) is 24.4 Å². The number of nitrogens with two attached hydrogens (primary N) is 1. The second-order valence-corrected chi connectivity index (χ2v) is 3.04. The number of oxime groups is 1. The van der Waals surface area contributed by atoms with Gasteiger partial charge in [-0.2, -0.15) is 13.2 Å². The molecule has 4 nitrogen and oxygen atoms in total. The van der Waals surface area contributed by atoms with Crippen molar-refractivity contribution in [3.63, 3.8) is 0 Å². The van der Waals surface area contributed by atoms with E-state index in [-0.39, 0.29) is 5.56 Å². The third kappa shape index (κ3) is 4.13. The van der Waals surface area contributed by atoms with E-state index in [4.69, 9.17) is 5.73 Å². The van der Waals surface area contributed by atoms with Crippen LogP contribution < -0.4 is 5.73 Å². The van der Waals surface area contributed by atoms with Crippen molar-refractivity contribution in [2.45, 2.75) is 6.18 Å². The fourth-order valence-corrected chi connectivity index (χ4v) is 1.02. The van der Waals surface area contributed by atoms with E-state index in [1.165, 1.54) is 24.3 Å². The number of nitrogens with zero attached hydrogens (tertiary/aromatic N) is 1. The maximum Gasteiger partial charge on any atom is 0.437 e. The Hall–Kier alpha value is -2.05. The second-order valence-electron chi connectivity index (χ2n) is 3.04. The molecule has 0 aliphatic heterocycles. The van der Waals surface area contributed by atoms with Crippen LogP contribution in [0.4, 0.5) is 13.2 Å². The lowest BCUT2D eigenvalue weighted by atomic mass is 10.1. The summed E-state index contributed by atoms with van der Waals surface area (Å²) >= 11 is 0. The number of halogens is 3. The summed E-state index contributed by atoms with van der Waals surface area (Å²) in [6, 6.07) is 6.91. The third-order valence-corrected chi connectivity index (χ3v) is 1.68. The number of rotatable bonds is 4. The van der Waals surface area contributed by atoms with Gasteiger partial charge in [0.25, 0.3) is 5.91 Å². The highest BCUT2D eigenvalue weighted by atomic mass is 19.4. The maximum atomic E-state index is 12.6. The van der Waals surface area contributed by atoms with Crippen molar-refractivity contribution in [1.29, 1.82) is 0 Å². The van der Waals surface area contributed by atoms with E-state index in [9.17, 15) is 18.0 Å². The van der Waals surface area contributed by atoms with E-state index >= 15 is 0 Å². The zero-order valence-electron chi connectivity index (χ0n) is 8.57. The Morgan fingerprint density at radius 1 is 1.29 bits per heavy atom. The summed E-state index contributed by atoms with van der Waals surface area (Å²) in [5.41, 5.74) is 3.35. The van der Waals surface area contributed by atoms with Gasteiger partial charge in [-0.15, -0.1) is 0 Å². The number of carbonyl (C=O) groups excluding carboxylic acids is 1. The van der Waals surface area contributed by atoms with Crippen LogP contribution in [0.3, 0.4) is 0 Å². The fourth-order valence-electron chi connectivity index (χ4n) is 1.02. The molecule has 0 saturated heterocycles. The first-order valence-corrected chi connectivity index (χ1v) is 4.52. The summed E-state index contributed by atoms with van der Waals surface area (Å²) in [4.78, 5) is 14.5. The molecule has 1 aromatic rings. The van der Waals surface area contributed by atoms with Crippen LogP contribution in [0.1, 0.15) is 5.56 Å². The van der Waals surface area contributed by atoms with E-state index in [2.05, 4.69) is 9.99 Å². The monoisotopic (exact) mass is 246 g/mol. The van der Waals surface area contributed by atoms with Crippen molar-refractivity contribution in [2.75, 3.05) is 6.61 Å². The number of alkyl halides is 3. The average molecular weight is 246 g/mol. The molecule has 1 aromatic carbocycles. The molecule has 92 valence electrons. The highest BCUT2D eigenvalue weighted by Crippen LogP contribution is 2.22. The number of benzene rings is 1. The summed E-state index contributed by atoms with van der Waals surface area (Å²) in [6.07, 6.45) is -4.67. The summed E-state index contributed by atoms with van der Waals surface area (Å²) in [5.74, 6) is -0.900. The third-order valence-electron chi connectivity index (χ3n) is 1.68. The predicted octanol–water partition coefficient (Wildman–Crippen LogP) is 1.45. The molecule has 0 aliphatic carbocycles. The Labute approximate surface area is 94.9 Å². The average Bonchev–Trinajstić information content (AvgIpc) is 2.23. The van der Waals surface area contributed by atoms with Crippen molar-refractivity contribution in [2.24, 2.45) is 10.9 Å². The molecule has 0 bridgehead atoms. The quantitative estimate of drug-likeness (QED) is 0.645. The van der Waals surface area contributed by atoms with Crippen LogP contribution in [0, 0.1) is 0 Å². The van der Waals surface area contributed by atoms with E-state index < -0.39 is 24.4 Å². The largest absolute Gasteiger partial charge is 0.437 e. The Balaban J connectivity index is 2.93. The van der Waals surface area contributed by atoms with Gasteiger partial charge in [-0.1, -0.05) is 35.5 Å². The van der Waals surface area contributed by atoms with Crippen molar-refractivity contribution >= 4 is 11.6 Å². The van der Waals surface area contributed by atoms with Crippen molar-refractivity contribution in [3.8, 4) is 0 Å². The van der Waals surface area contributed by atoms with E-state index in [1.54, 1.807) is 6.07 Å². The normalized spacial score (nSPS) is 12.3. The van der Waals surface area contributed by atoms with Gasteiger partial charge in [0.05, 0.1) is 0 Å². The van der Waals surface area contributed by atoms with Gasteiger partial charge in [0.2, 0.25) is 0 Å². The summed E-state index contributed by atoms with van der Waals surface area (Å²) in [7, 11) is 0. The van der Waals surface area contributed by atoms with E-state index in [0.29, 0.717) is 0 Å². The second kappa shape index (κ2) is 5.33. The molecule has 0 heterocycles. The van der Waals surface area contributed by atoms with Crippen LogP contribution in [0.5, 0.6) is 0 Å². The summed E-state index contributed by atoms with van der Waals surface area (Å²) in [6.45, 7) is -0.702. The van der Waals surface area contributed by atoms with E-state index in [0.717, 1.165) is 0 Å². The minimum atomic E-state index is -4.67. The number of amides is 1. The Kier molecular flexibility index (Phi) is 4.08. The van der Waals surface area contributed by atoms with E-state index in [1.807, 2.05) is 0 Å². The molecule has 0 unspecified atom stereocenters. The molecule has 0 spiro atoms. The van der Waals surface area contributed by atoms with Gasteiger partial charge >= 0.3 is 6.18 Å². The molecule has 1 rings (SSSR count). The lowest BCUT2D eigenvalue weighted by Gasteiger charge is -2.09. The minimum absolute atomic E-state index is 0.149. The van der Waals surface area contributed by atoms with Crippen LogP contribution in [0.25, 0.3) is 0 Å². The molecule has 0 saturated carbocycles. The maximum absolute atomic E-state index is 12.6. The predicted molar refractivity (Wildman–Crippen MR) is 54.2 cm³/mol. The van der Waals surface area contributed by atoms with Crippen molar-refractivity contribution < 1.29 is 22.8 Å². The molecule has 0 radical (unpaired) electrons. The summed E-state index contributed by atoms with van der Waals surface area (Å²) < 4.78 is 37.8. The van der Waals surface area contributed by atoms with Crippen molar-refractivity contribution in [3.05, 3.63) is 35.9 Å². The van der Waals surface area contributed by atoms with Gasteiger partial charge in [-0.25, -0.2) is 0 Å². The highest BCUT2D eigenvalue weighted by molar-refractivity contribution is 6.04. The molecular weight excluding hydrogens is 237 g/mol. The van der Waals surface area contributed by atoms with Gasteiger partial charge in [0.15, 0.2) is 12.3 Å². The van der Waals surface area contributed by atoms with Crippen molar-refractivity contribution in [1.82, 2.24) is 0 Å². The Morgan fingerprint density at radius 3 is 2.35 bits per heavy atom. The molecule has 1 amide bonds. The van der Waals surface area contributed by atoms with Gasteiger partial charge < -0.3 is 10.6 Å². The van der Waals surface area contributed by atoms with Crippen LogP contribution in [0.15, 0.2) is 35.5 Å². The SMILES string of the molecule is NC(=O)CO/N=C(/c1ccccc1)C(F)(F)F. The fraction of sp³-hybridized carbons (Fsp3) is 0.200. The molecular formula is C10H9F3N2O2. The first-order valence-electron chi connectivity index (χ1n) is 4.52. The molecule has 2 N–H and O–H groups in total. The molecule has 0 fully saturated rings. The smallest absolute Gasteiger partial charge is 0.385 e. The Morgan fingerprint density at radius 2 is 1.88 bits per heavy atom. The number of hydrogen-bond donors (Lipinski definition) is 1. The molecule has 0 aliphatic rings. The van der Waals surface area contributed by atoms with Gasteiger partial charge in [-0.05, 0) is 0 Å². The Bertz CT molecular complexity index is 415. The summed E-state index contributed by atoms with van der Waals surface area (Å²) in [5, 5.41) is 2.90. The molecule has 0 atom stereocenters. The lowest BCUT2D eigenvalue weighted by Crippen LogP contribution is -2.25. The molecule has 0 aromatic heterocycles. The number of primary amides is 1. The lowest BCUT2D eigenvalue weighted by molar-refractivity contribution is -0.122. The zero-order chi connectivity index (χ0) is 12.9. The van der Waals surface area contributed by atoms with Gasteiger partial charge in [0, 0.05) is 5.56 Å².